The van der Waals surface area contributed by atoms with Gasteiger partial charge in [-0.15, -0.1) is 6.42 Å². The Morgan fingerprint density at radius 3 is 2.47 bits per heavy atom. The highest BCUT2D eigenvalue weighted by Gasteiger charge is 2.01. The molecule has 1 atom stereocenters. The van der Waals surface area contributed by atoms with E-state index in [1.807, 2.05) is 31.2 Å². The maximum absolute atomic E-state index is 5.52. The molecule has 0 radical (unpaired) electrons. The molecule has 0 aliphatic rings. The minimum absolute atomic E-state index is 0.0906. The standard InChI is InChI=1S/C13H16O2/c1-4-12(5-2)15-10-11-6-8-13(14-3)9-7-11/h1,6-9,12H,5,10H2,2-3H3/t12-/m1/s1. The lowest BCUT2D eigenvalue weighted by Crippen LogP contribution is -2.08. The van der Waals surface area contributed by atoms with Crippen LogP contribution in [0.2, 0.25) is 0 Å². The minimum atomic E-state index is -0.0906. The van der Waals surface area contributed by atoms with Crippen molar-refractivity contribution >= 4 is 0 Å². The Hall–Kier alpha value is -1.46. The summed E-state index contributed by atoms with van der Waals surface area (Å²) in [4.78, 5) is 0. The molecular weight excluding hydrogens is 188 g/mol. The van der Waals surface area contributed by atoms with Gasteiger partial charge in [-0.1, -0.05) is 25.0 Å². The van der Waals surface area contributed by atoms with E-state index in [9.17, 15) is 0 Å². The molecule has 0 saturated carbocycles. The third kappa shape index (κ3) is 3.65. The maximum atomic E-state index is 5.52. The lowest BCUT2D eigenvalue weighted by Gasteiger charge is -2.09. The fourth-order valence-corrected chi connectivity index (χ4v) is 1.20. The van der Waals surface area contributed by atoms with E-state index in [2.05, 4.69) is 5.92 Å². The summed E-state index contributed by atoms with van der Waals surface area (Å²) in [5.41, 5.74) is 1.10. The average molecular weight is 204 g/mol. The monoisotopic (exact) mass is 204 g/mol. The van der Waals surface area contributed by atoms with Gasteiger partial charge >= 0.3 is 0 Å². The van der Waals surface area contributed by atoms with Crippen molar-refractivity contribution in [3.8, 4) is 18.1 Å². The Kier molecular flexibility index (Phi) is 4.73. The molecule has 0 aliphatic carbocycles. The first kappa shape index (κ1) is 11.6. The molecule has 0 aromatic heterocycles. The summed E-state index contributed by atoms with van der Waals surface area (Å²) in [5.74, 6) is 3.45. The van der Waals surface area contributed by atoms with Gasteiger partial charge in [0.05, 0.1) is 13.7 Å². The van der Waals surface area contributed by atoms with Crippen LogP contribution in [0.5, 0.6) is 5.75 Å². The van der Waals surface area contributed by atoms with Crippen molar-refractivity contribution in [2.45, 2.75) is 26.1 Å². The van der Waals surface area contributed by atoms with Gasteiger partial charge in [-0.05, 0) is 24.1 Å². The lowest BCUT2D eigenvalue weighted by molar-refractivity contribution is 0.0759. The molecule has 2 nitrogen and oxygen atoms in total. The highest BCUT2D eigenvalue weighted by atomic mass is 16.5. The smallest absolute Gasteiger partial charge is 0.118 e. The highest BCUT2D eigenvalue weighted by Crippen LogP contribution is 2.12. The normalized spacial score (nSPS) is 11.8. The van der Waals surface area contributed by atoms with E-state index in [0.29, 0.717) is 6.61 Å². The van der Waals surface area contributed by atoms with Gasteiger partial charge in [0, 0.05) is 0 Å². The number of hydrogen-bond donors (Lipinski definition) is 0. The van der Waals surface area contributed by atoms with Gasteiger partial charge in [0.1, 0.15) is 11.9 Å². The molecule has 1 aromatic carbocycles. The molecule has 0 fully saturated rings. The topological polar surface area (TPSA) is 18.5 Å². The fourth-order valence-electron chi connectivity index (χ4n) is 1.20. The van der Waals surface area contributed by atoms with Crippen molar-refractivity contribution < 1.29 is 9.47 Å². The van der Waals surface area contributed by atoms with Crippen LogP contribution >= 0.6 is 0 Å². The van der Waals surface area contributed by atoms with Crippen molar-refractivity contribution in [1.29, 1.82) is 0 Å². The zero-order valence-electron chi connectivity index (χ0n) is 9.19. The summed E-state index contributed by atoms with van der Waals surface area (Å²) in [6.45, 7) is 2.56. The van der Waals surface area contributed by atoms with Crippen LogP contribution < -0.4 is 4.74 Å². The van der Waals surface area contributed by atoms with Crippen LogP contribution in [0.4, 0.5) is 0 Å². The second kappa shape index (κ2) is 6.10. The molecule has 15 heavy (non-hydrogen) atoms. The van der Waals surface area contributed by atoms with Crippen LogP contribution in [-0.4, -0.2) is 13.2 Å². The first-order valence-corrected chi connectivity index (χ1v) is 5.00. The van der Waals surface area contributed by atoms with E-state index in [1.54, 1.807) is 7.11 Å². The van der Waals surface area contributed by atoms with Gasteiger partial charge in [-0.25, -0.2) is 0 Å². The molecule has 0 saturated heterocycles. The third-order valence-electron chi connectivity index (χ3n) is 2.17. The minimum Gasteiger partial charge on any atom is -0.497 e. The Morgan fingerprint density at radius 2 is 2.00 bits per heavy atom. The quantitative estimate of drug-likeness (QED) is 0.686. The van der Waals surface area contributed by atoms with Gasteiger partial charge in [0.25, 0.3) is 0 Å². The number of terminal acetylenes is 1. The maximum Gasteiger partial charge on any atom is 0.118 e. The zero-order chi connectivity index (χ0) is 11.1. The van der Waals surface area contributed by atoms with E-state index in [1.165, 1.54) is 0 Å². The molecule has 0 N–H and O–H groups in total. The first-order chi connectivity index (χ1) is 7.30. The molecule has 1 rings (SSSR count). The van der Waals surface area contributed by atoms with E-state index in [0.717, 1.165) is 17.7 Å². The average Bonchev–Trinajstić information content (AvgIpc) is 2.31. The SMILES string of the molecule is C#C[C@H](CC)OCc1ccc(OC)cc1. The summed E-state index contributed by atoms with van der Waals surface area (Å²) in [5, 5.41) is 0. The molecule has 0 aliphatic heterocycles. The third-order valence-corrected chi connectivity index (χ3v) is 2.17. The van der Waals surface area contributed by atoms with Crippen molar-refractivity contribution in [1.82, 2.24) is 0 Å². The van der Waals surface area contributed by atoms with Crippen LogP contribution in [0.15, 0.2) is 24.3 Å². The van der Waals surface area contributed by atoms with Gasteiger partial charge in [-0.3, -0.25) is 0 Å². The number of rotatable bonds is 5. The molecule has 0 amide bonds. The van der Waals surface area contributed by atoms with Gasteiger partial charge in [0.15, 0.2) is 0 Å². The molecule has 80 valence electrons. The summed E-state index contributed by atoms with van der Waals surface area (Å²) in [6.07, 6.45) is 6.05. The lowest BCUT2D eigenvalue weighted by atomic mass is 10.2. The van der Waals surface area contributed by atoms with E-state index >= 15 is 0 Å². The summed E-state index contributed by atoms with van der Waals surface area (Å²) in [7, 11) is 1.65. The summed E-state index contributed by atoms with van der Waals surface area (Å²) >= 11 is 0. The number of methoxy groups -OCH3 is 1. The number of hydrogen-bond acceptors (Lipinski definition) is 2. The summed E-state index contributed by atoms with van der Waals surface area (Å²) < 4.78 is 10.6. The molecule has 0 heterocycles. The van der Waals surface area contributed by atoms with Crippen molar-refractivity contribution in [2.75, 3.05) is 7.11 Å². The second-order valence-corrected chi connectivity index (χ2v) is 3.22. The van der Waals surface area contributed by atoms with Crippen molar-refractivity contribution in [3.05, 3.63) is 29.8 Å². The fraction of sp³-hybridized carbons (Fsp3) is 0.385. The molecule has 1 aromatic rings. The number of ether oxygens (including phenoxy) is 2. The number of benzene rings is 1. The van der Waals surface area contributed by atoms with Gasteiger partial charge in [0.2, 0.25) is 0 Å². The highest BCUT2D eigenvalue weighted by molar-refractivity contribution is 5.26. The Labute approximate surface area is 91.2 Å². The zero-order valence-corrected chi connectivity index (χ0v) is 9.19. The first-order valence-electron chi connectivity index (χ1n) is 5.00. The Morgan fingerprint density at radius 1 is 1.33 bits per heavy atom. The van der Waals surface area contributed by atoms with Crippen LogP contribution in [-0.2, 0) is 11.3 Å². The Bertz CT molecular complexity index is 321. The largest absolute Gasteiger partial charge is 0.497 e. The molecular formula is C13H16O2. The van der Waals surface area contributed by atoms with Crippen LogP contribution in [0.3, 0.4) is 0 Å². The second-order valence-electron chi connectivity index (χ2n) is 3.22. The van der Waals surface area contributed by atoms with E-state index in [4.69, 9.17) is 15.9 Å². The van der Waals surface area contributed by atoms with Crippen LogP contribution in [0.1, 0.15) is 18.9 Å². The molecule has 0 bridgehead atoms. The van der Waals surface area contributed by atoms with E-state index in [-0.39, 0.29) is 6.10 Å². The van der Waals surface area contributed by atoms with Crippen LogP contribution in [0.25, 0.3) is 0 Å². The molecule has 0 unspecified atom stereocenters. The van der Waals surface area contributed by atoms with Crippen LogP contribution in [0, 0.1) is 12.3 Å². The van der Waals surface area contributed by atoms with Gasteiger partial charge in [-0.2, -0.15) is 0 Å². The predicted molar refractivity (Wildman–Crippen MR) is 60.7 cm³/mol. The predicted octanol–water partition coefficient (Wildman–Crippen LogP) is 2.62. The van der Waals surface area contributed by atoms with Crippen molar-refractivity contribution in [3.63, 3.8) is 0 Å². The Balaban J connectivity index is 2.48. The van der Waals surface area contributed by atoms with Gasteiger partial charge < -0.3 is 9.47 Å². The summed E-state index contributed by atoms with van der Waals surface area (Å²) in [6, 6.07) is 7.77. The molecule has 0 spiro atoms. The molecule has 2 heteroatoms. The van der Waals surface area contributed by atoms with E-state index < -0.39 is 0 Å². The van der Waals surface area contributed by atoms with Crippen molar-refractivity contribution in [2.24, 2.45) is 0 Å².